The van der Waals surface area contributed by atoms with Crippen LogP contribution in [0.5, 0.6) is 0 Å². The number of hydrogen-bond donors (Lipinski definition) is 3. The van der Waals surface area contributed by atoms with Gasteiger partial charge in [-0.05, 0) is 17.7 Å². The van der Waals surface area contributed by atoms with E-state index in [1.54, 1.807) is 0 Å². The Bertz CT molecular complexity index is 1420. The Balaban J connectivity index is 1.24. The summed E-state index contributed by atoms with van der Waals surface area (Å²) in [5, 5.41) is 37.4. The molecule has 0 saturated carbocycles. The Morgan fingerprint density at radius 1 is 0.717 bits per heavy atom. The van der Waals surface area contributed by atoms with Crippen LogP contribution in [0.25, 0.3) is 0 Å². The molecule has 0 fully saturated rings. The SMILES string of the molecule is O=C(CCCCCCCCCP(Cl)(c1ccccc1)(c1ccccc1)c1ccccc1)N[C@H](CO)[C@H](O)c1ccc([N+](=O)[O-])cc1. The van der Waals surface area contributed by atoms with Gasteiger partial charge in [0.15, 0.2) is 0 Å². The molecule has 0 heterocycles. The number of hydrogen-bond acceptors (Lipinski definition) is 5. The minimum atomic E-state index is -3.22. The number of nitrogens with one attached hydrogen (secondary N) is 1. The number of carbonyl (C=O) groups excluding carboxylic acids is 1. The molecule has 2 atom stereocenters. The first-order valence-corrected chi connectivity index (χ1v) is 19.3. The van der Waals surface area contributed by atoms with E-state index in [0.717, 1.165) is 44.7 Å². The van der Waals surface area contributed by atoms with Gasteiger partial charge in [-0.25, -0.2) is 0 Å². The van der Waals surface area contributed by atoms with Crippen LogP contribution in [0.4, 0.5) is 5.69 Å². The van der Waals surface area contributed by atoms with Gasteiger partial charge in [-0.15, -0.1) is 0 Å². The molecule has 4 aromatic rings. The quantitative estimate of drug-likeness (QED) is 0.0464. The monoisotopic (exact) mass is 662 g/mol. The summed E-state index contributed by atoms with van der Waals surface area (Å²) in [4.78, 5) is 22.9. The van der Waals surface area contributed by atoms with Crippen molar-refractivity contribution < 1.29 is 19.9 Å². The van der Waals surface area contributed by atoms with E-state index in [9.17, 15) is 25.1 Å². The zero-order valence-electron chi connectivity index (χ0n) is 26.1. The van der Waals surface area contributed by atoms with E-state index in [1.165, 1.54) is 40.2 Å². The molecule has 4 rings (SSSR count). The molecule has 0 aliphatic heterocycles. The van der Waals surface area contributed by atoms with Crippen LogP contribution in [-0.4, -0.2) is 39.9 Å². The van der Waals surface area contributed by atoms with E-state index in [4.69, 9.17) is 11.2 Å². The van der Waals surface area contributed by atoms with Gasteiger partial charge in [0.25, 0.3) is 5.69 Å². The number of nitro benzene ring substituents is 1. The molecular formula is C37H44ClN2O5P. The van der Waals surface area contributed by atoms with Crippen molar-refractivity contribution in [2.24, 2.45) is 0 Å². The summed E-state index contributed by atoms with van der Waals surface area (Å²) in [6.07, 6.45) is 6.87. The molecule has 3 N–H and O–H groups in total. The smallest absolute Gasteiger partial charge is 0.394 e. The normalized spacial score (nSPS) is 13.7. The minimum absolute atomic E-state index is 0.0927. The van der Waals surface area contributed by atoms with Crippen molar-refractivity contribution in [1.82, 2.24) is 5.32 Å². The summed E-state index contributed by atoms with van der Waals surface area (Å²) in [5.74, 6) is -3.46. The average Bonchev–Trinajstić information content (AvgIpc) is 3.10. The number of nitrogens with zero attached hydrogens (tertiary/aromatic N) is 1. The van der Waals surface area contributed by atoms with E-state index in [2.05, 4.69) is 78.1 Å². The summed E-state index contributed by atoms with van der Waals surface area (Å²) in [6, 6.07) is 36.2. The maximum atomic E-state index is 12.5. The Kier molecular flexibility index (Phi) is 12.9. The molecule has 0 bridgehead atoms. The molecular weight excluding hydrogens is 619 g/mol. The van der Waals surface area contributed by atoms with Crippen LogP contribution in [0.1, 0.15) is 63.0 Å². The van der Waals surface area contributed by atoms with Crippen LogP contribution in [-0.2, 0) is 4.79 Å². The molecule has 0 aliphatic carbocycles. The molecule has 0 radical (unpaired) electrons. The number of carbonyl (C=O) groups is 1. The Hall–Kier alpha value is -3.61. The second kappa shape index (κ2) is 16.8. The van der Waals surface area contributed by atoms with Crippen LogP contribution >= 0.6 is 17.2 Å². The summed E-state index contributed by atoms with van der Waals surface area (Å²) in [5.41, 5.74) is 0.297. The van der Waals surface area contributed by atoms with E-state index in [1.807, 2.05) is 18.2 Å². The summed E-state index contributed by atoms with van der Waals surface area (Å²) >= 11 is 8.14. The Morgan fingerprint density at radius 3 is 1.59 bits per heavy atom. The van der Waals surface area contributed by atoms with Gasteiger partial charge in [-0.3, -0.25) is 10.1 Å². The number of benzene rings is 4. The van der Waals surface area contributed by atoms with Crippen molar-refractivity contribution in [3.05, 3.63) is 131 Å². The number of aliphatic hydroxyl groups is 2. The van der Waals surface area contributed by atoms with Gasteiger partial charge in [0.05, 0.1) is 11.5 Å². The van der Waals surface area contributed by atoms with Gasteiger partial charge in [0, 0.05) is 12.1 Å². The fourth-order valence-electron chi connectivity index (χ4n) is 6.16. The molecule has 9 heteroatoms. The van der Waals surface area contributed by atoms with Gasteiger partial charge >= 0.3 is 204 Å². The number of halogens is 1. The van der Waals surface area contributed by atoms with Crippen LogP contribution in [0, 0.1) is 10.1 Å². The van der Waals surface area contributed by atoms with Gasteiger partial charge in [-0.1, -0.05) is 0 Å². The Morgan fingerprint density at radius 2 is 1.15 bits per heavy atom. The maximum absolute atomic E-state index is 12.5. The number of aliphatic hydroxyl groups excluding tert-OH is 2. The Labute approximate surface area is 276 Å². The summed E-state index contributed by atoms with van der Waals surface area (Å²) < 4.78 is 0. The molecule has 4 aromatic carbocycles. The molecule has 0 unspecified atom stereocenters. The zero-order valence-corrected chi connectivity index (χ0v) is 27.7. The van der Waals surface area contributed by atoms with Crippen molar-refractivity contribution in [2.45, 2.75) is 63.5 Å². The molecule has 0 spiro atoms. The summed E-state index contributed by atoms with van der Waals surface area (Å²) in [6.45, 7) is -0.449. The van der Waals surface area contributed by atoms with Crippen LogP contribution in [0.2, 0.25) is 0 Å². The van der Waals surface area contributed by atoms with Gasteiger partial charge in [-0.2, -0.15) is 0 Å². The first-order valence-electron chi connectivity index (χ1n) is 16.0. The van der Waals surface area contributed by atoms with Gasteiger partial charge < -0.3 is 10.2 Å². The van der Waals surface area contributed by atoms with E-state index in [-0.39, 0.29) is 11.6 Å². The fourth-order valence-corrected chi connectivity index (χ4v) is 12.4. The van der Waals surface area contributed by atoms with Crippen molar-refractivity contribution in [3.63, 3.8) is 0 Å². The molecule has 0 aliphatic rings. The average molecular weight is 663 g/mol. The topological polar surface area (TPSA) is 113 Å². The van der Waals surface area contributed by atoms with Crippen LogP contribution < -0.4 is 21.2 Å². The zero-order chi connectivity index (χ0) is 32.9. The molecule has 1 amide bonds. The molecule has 0 aromatic heterocycles. The van der Waals surface area contributed by atoms with Crippen molar-refractivity contribution in [2.75, 3.05) is 12.8 Å². The molecule has 7 nitrogen and oxygen atoms in total. The number of non-ortho nitro benzene ring substituents is 1. The third-order valence-electron chi connectivity index (χ3n) is 8.74. The number of unbranched alkanes of at least 4 members (excludes halogenated alkanes) is 6. The van der Waals surface area contributed by atoms with Crippen molar-refractivity contribution in [3.8, 4) is 0 Å². The van der Waals surface area contributed by atoms with E-state index >= 15 is 0 Å². The molecule has 0 saturated heterocycles. The first-order chi connectivity index (χ1) is 22.3. The van der Waals surface area contributed by atoms with Crippen LogP contribution in [0.15, 0.2) is 115 Å². The van der Waals surface area contributed by atoms with Crippen LogP contribution in [0.3, 0.4) is 0 Å². The first kappa shape index (κ1) is 35.2. The minimum Gasteiger partial charge on any atom is -0.394 e. The van der Waals surface area contributed by atoms with Gasteiger partial charge in [0.2, 0.25) is 0 Å². The van der Waals surface area contributed by atoms with E-state index in [0.29, 0.717) is 18.4 Å². The van der Waals surface area contributed by atoms with Gasteiger partial charge in [0.1, 0.15) is 6.10 Å². The van der Waals surface area contributed by atoms with Crippen molar-refractivity contribution in [1.29, 1.82) is 0 Å². The number of nitro groups is 1. The molecule has 244 valence electrons. The van der Waals surface area contributed by atoms with E-state index < -0.39 is 29.6 Å². The predicted molar refractivity (Wildman–Crippen MR) is 190 cm³/mol. The second-order valence-corrected chi connectivity index (χ2v) is 18.4. The fraction of sp³-hybridized carbons (Fsp3) is 0.324. The standard InChI is InChI=1S/C37H44ClN2O5P/c38-46(32-17-9-6-10-18-32,33-19-11-7-12-20-33,34-21-13-8-14-22-34)28-16-5-3-1-2-4-15-23-36(42)39-35(29-41)37(43)30-24-26-31(27-25-30)40(44)45/h6-14,17-22,24-27,35,37,41,43H,1-5,15-16,23,28-29H2,(H,39,42)/t35-,37-/m1/s1. The second-order valence-electron chi connectivity index (χ2n) is 11.8. The third-order valence-corrected chi connectivity index (χ3v) is 16.3. The third kappa shape index (κ3) is 8.40. The molecule has 46 heavy (non-hydrogen) atoms. The summed E-state index contributed by atoms with van der Waals surface area (Å²) in [7, 11) is 0. The van der Waals surface area contributed by atoms with Crippen molar-refractivity contribution >= 4 is 44.7 Å². The number of amides is 1. The number of rotatable bonds is 18. The predicted octanol–water partition coefficient (Wildman–Crippen LogP) is 6.91.